The van der Waals surface area contributed by atoms with Gasteiger partial charge in [-0.3, -0.25) is 0 Å². The molecule has 3 aromatic rings. The summed E-state index contributed by atoms with van der Waals surface area (Å²) in [6.07, 6.45) is -5.19. The van der Waals surface area contributed by atoms with E-state index in [2.05, 4.69) is 0 Å². The van der Waals surface area contributed by atoms with Crippen LogP contribution in [-0.4, -0.2) is 71.6 Å². The van der Waals surface area contributed by atoms with Crippen LogP contribution in [0.2, 0.25) is 0 Å². The topological polar surface area (TPSA) is 123 Å². The molecule has 0 spiro atoms. The van der Waals surface area contributed by atoms with Crippen molar-refractivity contribution in [3.63, 3.8) is 0 Å². The number of halogens is 3. The molecule has 53 heavy (non-hydrogen) atoms. The van der Waals surface area contributed by atoms with Gasteiger partial charge in [0.15, 0.2) is 34.5 Å². The summed E-state index contributed by atoms with van der Waals surface area (Å²) < 4.78 is 87.8. The molecular weight excluding hydrogens is 721 g/mol. The van der Waals surface area contributed by atoms with Crippen molar-refractivity contribution in [3.8, 4) is 51.7 Å². The maximum absolute atomic E-state index is 10.5. The molecule has 15 heteroatoms. The van der Waals surface area contributed by atoms with Gasteiger partial charge in [0.05, 0.1) is 59.5 Å². The highest BCUT2D eigenvalue weighted by Gasteiger charge is 2.47. The number of hydrogen-bond donors (Lipinski definition) is 0. The highest BCUT2D eigenvalue weighted by molar-refractivity contribution is 7.97. The molecule has 0 aromatic heterocycles. The van der Waals surface area contributed by atoms with Crippen molar-refractivity contribution in [1.82, 2.24) is 0 Å². The molecule has 296 valence electrons. The van der Waals surface area contributed by atoms with Gasteiger partial charge in [-0.25, -0.2) is 0 Å². The Morgan fingerprint density at radius 2 is 0.623 bits per heavy atom. The SMILES string of the molecule is CCOc1cc(OCC)c([S+](c2c(OCC)cc(OCC)cc2OCC)c2c(OCC)cc(OCC)cc2OCC)c(OCC)c1.O=C([O-])C(F)(F)F. The van der Waals surface area contributed by atoms with Gasteiger partial charge in [-0.2, -0.15) is 13.2 Å². The fraction of sp³-hybridized carbons (Fsp3) is 0.500. The third-order valence-electron chi connectivity index (χ3n) is 6.56. The second-order valence-corrected chi connectivity index (χ2v) is 12.1. The Hall–Kier alpha value is -4.53. The van der Waals surface area contributed by atoms with Crippen LogP contribution in [-0.2, 0) is 15.7 Å². The van der Waals surface area contributed by atoms with Crippen LogP contribution in [0.4, 0.5) is 13.2 Å². The first kappa shape index (κ1) is 44.6. The largest absolute Gasteiger partial charge is 0.542 e. The fourth-order valence-electron chi connectivity index (χ4n) is 4.89. The van der Waals surface area contributed by atoms with Crippen LogP contribution >= 0.6 is 0 Å². The molecule has 0 unspecified atom stereocenters. The molecule has 3 rings (SSSR count). The minimum absolute atomic E-state index is 0.422. The van der Waals surface area contributed by atoms with E-state index in [9.17, 15) is 13.2 Å². The molecule has 0 atom stereocenters. The lowest BCUT2D eigenvalue weighted by molar-refractivity contribution is -0.344. The zero-order valence-corrected chi connectivity index (χ0v) is 32.7. The maximum atomic E-state index is 10.5. The molecule has 0 N–H and O–H groups in total. The van der Waals surface area contributed by atoms with Gasteiger partial charge in [-0.05, 0) is 62.3 Å². The Labute approximate surface area is 312 Å². The van der Waals surface area contributed by atoms with E-state index in [1.54, 1.807) is 0 Å². The van der Waals surface area contributed by atoms with Gasteiger partial charge >= 0.3 is 6.18 Å². The third kappa shape index (κ3) is 12.5. The molecule has 0 aliphatic rings. The number of rotatable bonds is 21. The van der Waals surface area contributed by atoms with E-state index in [0.717, 1.165) is 14.7 Å². The molecule has 0 saturated heterocycles. The maximum Gasteiger partial charge on any atom is 0.430 e. The number of carbonyl (C=O) groups excluding carboxylic acids is 1. The third-order valence-corrected chi connectivity index (χ3v) is 8.99. The van der Waals surface area contributed by atoms with Gasteiger partial charge < -0.3 is 52.5 Å². The highest BCUT2D eigenvalue weighted by atomic mass is 32.2. The van der Waals surface area contributed by atoms with Crippen LogP contribution < -0.4 is 47.7 Å². The van der Waals surface area contributed by atoms with Gasteiger partial charge in [-0.15, -0.1) is 0 Å². The second kappa shape index (κ2) is 22.5. The predicted octanol–water partition coefficient (Wildman–Crippen LogP) is 7.67. The Morgan fingerprint density at radius 3 is 0.755 bits per heavy atom. The van der Waals surface area contributed by atoms with E-state index < -0.39 is 23.0 Å². The van der Waals surface area contributed by atoms with Crippen LogP contribution in [0.5, 0.6) is 51.7 Å². The van der Waals surface area contributed by atoms with Gasteiger partial charge in [0, 0.05) is 36.4 Å². The number of alkyl halides is 3. The minimum atomic E-state index is -5.19. The van der Waals surface area contributed by atoms with Crippen LogP contribution in [0.1, 0.15) is 62.3 Å². The van der Waals surface area contributed by atoms with E-state index in [1.165, 1.54) is 0 Å². The highest BCUT2D eigenvalue weighted by Crippen LogP contribution is 2.55. The Kier molecular flexibility index (Phi) is 19.0. The molecule has 0 radical (unpaired) electrons. The quantitative estimate of drug-likeness (QED) is 0.0992. The van der Waals surface area contributed by atoms with Crippen LogP contribution in [0.15, 0.2) is 51.1 Å². The van der Waals surface area contributed by atoms with Crippen molar-refractivity contribution in [2.45, 2.75) is 83.2 Å². The first-order valence-electron chi connectivity index (χ1n) is 17.6. The Bertz CT molecular complexity index is 1340. The summed E-state index contributed by atoms with van der Waals surface area (Å²) in [7, 11) is -1.05. The lowest BCUT2D eigenvalue weighted by Crippen LogP contribution is -2.37. The summed E-state index contributed by atoms with van der Waals surface area (Å²) in [5.41, 5.74) is 0. The summed E-state index contributed by atoms with van der Waals surface area (Å²) in [6, 6.07) is 11.5. The molecule has 0 heterocycles. The molecule has 0 aliphatic carbocycles. The molecule has 3 aromatic carbocycles. The number of carbonyl (C=O) groups is 1. The summed E-state index contributed by atoms with van der Waals surface area (Å²) in [5.74, 6) is 2.58. The molecule has 0 aliphatic heterocycles. The van der Waals surface area contributed by atoms with Crippen molar-refractivity contribution in [2.24, 2.45) is 0 Å². The van der Waals surface area contributed by atoms with Gasteiger partial charge in [-0.1, -0.05) is 0 Å². The summed E-state index contributed by atoms with van der Waals surface area (Å²) in [4.78, 5) is 11.1. The minimum Gasteiger partial charge on any atom is -0.542 e. The monoisotopic (exact) mass is 772 g/mol. The van der Waals surface area contributed by atoms with Gasteiger partial charge in [0.25, 0.3) is 14.7 Å². The van der Waals surface area contributed by atoms with Crippen LogP contribution in [0.3, 0.4) is 0 Å². The molecule has 0 saturated carbocycles. The second-order valence-electron chi connectivity index (χ2n) is 10.2. The van der Waals surface area contributed by atoms with Gasteiger partial charge in [0.2, 0.25) is 0 Å². The molecule has 11 nitrogen and oxygen atoms in total. The van der Waals surface area contributed by atoms with E-state index >= 15 is 0 Å². The van der Waals surface area contributed by atoms with Crippen LogP contribution in [0, 0.1) is 0 Å². The lowest BCUT2D eigenvalue weighted by atomic mass is 10.3. The van der Waals surface area contributed by atoms with Gasteiger partial charge in [0.1, 0.15) is 34.1 Å². The number of hydrogen-bond acceptors (Lipinski definition) is 11. The zero-order valence-electron chi connectivity index (χ0n) is 31.9. The summed E-state index contributed by atoms with van der Waals surface area (Å²) >= 11 is 0. The zero-order chi connectivity index (χ0) is 39.6. The first-order valence-corrected chi connectivity index (χ1v) is 18.8. The van der Waals surface area contributed by atoms with E-state index in [0.29, 0.717) is 111 Å². The predicted molar refractivity (Wildman–Crippen MR) is 193 cm³/mol. The lowest BCUT2D eigenvalue weighted by Gasteiger charge is -2.23. The van der Waals surface area contributed by atoms with Crippen molar-refractivity contribution in [2.75, 3.05) is 59.5 Å². The molecule has 0 amide bonds. The molecule has 0 bridgehead atoms. The summed E-state index contributed by atoms with van der Waals surface area (Å²) in [6.45, 7) is 21.6. The number of carboxylic acid groups (broad SMARTS) is 1. The van der Waals surface area contributed by atoms with E-state index in [-0.39, 0.29) is 0 Å². The van der Waals surface area contributed by atoms with Crippen molar-refractivity contribution in [1.29, 1.82) is 0 Å². The van der Waals surface area contributed by atoms with Crippen molar-refractivity contribution in [3.05, 3.63) is 36.4 Å². The van der Waals surface area contributed by atoms with Crippen molar-refractivity contribution < 1.29 is 65.7 Å². The van der Waals surface area contributed by atoms with Crippen molar-refractivity contribution >= 4 is 16.9 Å². The Balaban J connectivity index is 0.00000126. The number of ether oxygens (including phenoxy) is 9. The average molecular weight is 773 g/mol. The average Bonchev–Trinajstić information content (AvgIpc) is 3.08. The fourth-order valence-corrected chi connectivity index (χ4v) is 7.42. The number of aliphatic carboxylic acids is 1. The Morgan fingerprint density at radius 1 is 0.453 bits per heavy atom. The summed E-state index contributed by atoms with van der Waals surface area (Å²) in [5, 5.41) is 8.78. The molecular formula is C38H51F3O11S. The molecule has 0 fully saturated rings. The number of carboxylic acids is 1. The van der Waals surface area contributed by atoms with E-state index in [4.69, 9.17) is 52.5 Å². The number of benzene rings is 3. The van der Waals surface area contributed by atoms with Crippen LogP contribution in [0.25, 0.3) is 0 Å². The first-order chi connectivity index (χ1) is 25.4. The normalized spacial score (nSPS) is 10.9. The smallest absolute Gasteiger partial charge is 0.430 e. The standard InChI is InChI=1S/C36H51O9S.C2HF3O2/c1-10-37-25-19-28(40-13-4)34(29(20-25)41-14-5)46(35-30(42-15-6)21-26(38-11-2)22-31(35)43-16-7)36-32(44-17-8)23-27(39-12-3)24-33(36)45-18-9;3-2(4,5)1(6)7/h19-24H,10-18H2,1-9H3;(H,6,7)/q+1;/p-1. The van der Waals surface area contributed by atoms with E-state index in [1.807, 2.05) is 98.7 Å².